The molecule has 0 aromatic carbocycles. The average molecular weight is 170 g/mol. The van der Waals surface area contributed by atoms with Crippen LogP contribution in [0.15, 0.2) is 11.6 Å². The molecule has 0 heterocycles. The molecule has 1 unspecified atom stereocenters. The van der Waals surface area contributed by atoms with Crippen LogP contribution in [0.4, 0.5) is 0 Å². The van der Waals surface area contributed by atoms with Gasteiger partial charge in [0, 0.05) is 6.08 Å². The molecule has 0 radical (unpaired) electrons. The summed E-state index contributed by atoms with van der Waals surface area (Å²) in [6.07, 6.45) is 3.55. The minimum absolute atomic E-state index is 0.339. The zero-order valence-corrected chi connectivity index (χ0v) is 7.25. The zero-order chi connectivity index (χ0) is 8.97. The van der Waals surface area contributed by atoms with Gasteiger partial charge in [-0.2, -0.15) is 0 Å². The third kappa shape index (κ3) is 2.34. The monoisotopic (exact) mass is 170 g/mol. The van der Waals surface area contributed by atoms with Gasteiger partial charge in [0.25, 0.3) is 0 Å². The van der Waals surface area contributed by atoms with Crippen LogP contribution < -0.4 is 0 Å². The summed E-state index contributed by atoms with van der Waals surface area (Å²) in [5, 5.41) is 9.33. The van der Waals surface area contributed by atoms with E-state index in [9.17, 15) is 9.90 Å². The minimum atomic E-state index is -0.422. The van der Waals surface area contributed by atoms with Crippen LogP contribution in [-0.2, 0) is 9.53 Å². The highest BCUT2D eigenvalue weighted by molar-refractivity contribution is 5.83. The maximum Gasteiger partial charge on any atom is 0.330 e. The highest BCUT2D eigenvalue weighted by atomic mass is 16.5. The maximum atomic E-state index is 10.9. The number of carbonyl (C=O) groups is 1. The Bertz CT molecular complexity index is 196. The van der Waals surface area contributed by atoms with E-state index in [1.807, 2.05) is 0 Å². The van der Waals surface area contributed by atoms with Crippen molar-refractivity contribution in [2.24, 2.45) is 0 Å². The molecule has 1 saturated carbocycles. The van der Waals surface area contributed by atoms with E-state index in [2.05, 4.69) is 0 Å². The summed E-state index contributed by atoms with van der Waals surface area (Å²) in [6, 6.07) is 0. The molecule has 0 aromatic rings. The second-order valence-electron chi connectivity index (χ2n) is 2.88. The van der Waals surface area contributed by atoms with Gasteiger partial charge in [0.05, 0.1) is 12.7 Å². The molecule has 0 aromatic heterocycles. The summed E-state index contributed by atoms with van der Waals surface area (Å²) in [7, 11) is 0. The molecule has 0 amide bonds. The molecular weight excluding hydrogens is 156 g/mol. The van der Waals surface area contributed by atoms with Gasteiger partial charge in [0.1, 0.15) is 0 Å². The lowest BCUT2D eigenvalue weighted by Gasteiger charge is -2.02. The Hall–Kier alpha value is -0.830. The molecule has 1 aliphatic rings. The minimum Gasteiger partial charge on any atom is -0.463 e. The first kappa shape index (κ1) is 9.26. The molecule has 0 saturated heterocycles. The predicted octanol–water partition coefficient (Wildman–Crippen LogP) is 1.02. The van der Waals surface area contributed by atoms with E-state index in [1.54, 1.807) is 6.92 Å². The Morgan fingerprint density at radius 2 is 2.58 bits per heavy atom. The third-order valence-corrected chi connectivity index (χ3v) is 1.96. The van der Waals surface area contributed by atoms with Crippen molar-refractivity contribution in [3.8, 4) is 0 Å². The Morgan fingerprint density at radius 3 is 3.08 bits per heavy atom. The maximum absolute atomic E-state index is 10.9. The van der Waals surface area contributed by atoms with Crippen molar-refractivity contribution < 1.29 is 14.6 Å². The van der Waals surface area contributed by atoms with Crippen LogP contribution >= 0.6 is 0 Å². The summed E-state index contributed by atoms with van der Waals surface area (Å²) in [5.41, 5.74) is 0.813. The highest BCUT2D eigenvalue weighted by Gasteiger charge is 2.18. The van der Waals surface area contributed by atoms with Crippen LogP contribution in [0.25, 0.3) is 0 Å². The molecule has 3 nitrogen and oxygen atoms in total. The van der Waals surface area contributed by atoms with E-state index >= 15 is 0 Å². The fourth-order valence-corrected chi connectivity index (χ4v) is 1.36. The topological polar surface area (TPSA) is 46.5 Å². The standard InChI is InChI=1S/C9H14O3/c1-2-12-9(11)6-7-4-3-5-8(7)10/h6,8,10H,2-5H2,1H3/b7-6+. The van der Waals surface area contributed by atoms with Crippen LogP contribution in [0.1, 0.15) is 26.2 Å². The van der Waals surface area contributed by atoms with Gasteiger partial charge in [0.15, 0.2) is 0 Å². The van der Waals surface area contributed by atoms with Gasteiger partial charge in [0.2, 0.25) is 0 Å². The number of ether oxygens (including phenoxy) is 1. The average Bonchev–Trinajstić information content (AvgIpc) is 2.37. The van der Waals surface area contributed by atoms with Crippen molar-refractivity contribution in [1.29, 1.82) is 0 Å². The SMILES string of the molecule is CCOC(=O)/C=C1\CCCC1O. The second-order valence-corrected chi connectivity index (χ2v) is 2.88. The molecule has 1 atom stereocenters. The summed E-state index contributed by atoms with van der Waals surface area (Å²) in [6.45, 7) is 2.15. The van der Waals surface area contributed by atoms with E-state index < -0.39 is 6.10 Å². The number of aliphatic hydroxyl groups excluding tert-OH is 1. The highest BCUT2D eigenvalue weighted by Crippen LogP contribution is 2.24. The number of rotatable bonds is 2. The van der Waals surface area contributed by atoms with Gasteiger partial charge in [-0.05, 0) is 31.8 Å². The molecule has 68 valence electrons. The van der Waals surface area contributed by atoms with Crippen LogP contribution in [0.3, 0.4) is 0 Å². The zero-order valence-electron chi connectivity index (χ0n) is 7.25. The van der Waals surface area contributed by atoms with Crippen LogP contribution in [-0.4, -0.2) is 23.8 Å². The van der Waals surface area contributed by atoms with E-state index in [4.69, 9.17) is 4.74 Å². The Morgan fingerprint density at radius 1 is 1.83 bits per heavy atom. The van der Waals surface area contributed by atoms with Gasteiger partial charge in [-0.25, -0.2) is 4.79 Å². The van der Waals surface area contributed by atoms with Crippen molar-refractivity contribution in [3.05, 3.63) is 11.6 Å². The van der Waals surface area contributed by atoms with E-state index in [1.165, 1.54) is 6.08 Å². The van der Waals surface area contributed by atoms with Crippen molar-refractivity contribution >= 4 is 5.97 Å². The summed E-state index contributed by atoms with van der Waals surface area (Å²) >= 11 is 0. The molecule has 0 aliphatic heterocycles. The van der Waals surface area contributed by atoms with Gasteiger partial charge < -0.3 is 9.84 Å². The number of carbonyl (C=O) groups excluding carboxylic acids is 1. The van der Waals surface area contributed by atoms with E-state index in [0.29, 0.717) is 6.61 Å². The molecule has 3 heteroatoms. The van der Waals surface area contributed by atoms with Crippen molar-refractivity contribution in [2.45, 2.75) is 32.3 Å². The third-order valence-electron chi connectivity index (χ3n) is 1.96. The van der Waals surface area contributed by atoms with Crippen molar-refractivity contribution in [3.63, 3.8) is 0 Å². The van der Waals surface area contributed by atoms with Gasteiger partial charge >= 0.3 is 5.97 Å². The molecule has 12 heavy (non-hydrogen) atoms. The molecule has 0 spiro atoms. The summed E-state index contributed by atoms with van der Waals surface area (Å²) in [4.78, 5) is 10.9. The Kier molecular flexibility index (Phi) is 3.29. The normalized spacial score (nSPS) is 26.2. The number of hydrogen-bond donors (Lipinski definition) is 1. The quantitative estimate of drug-likeness (QED) is 0.497. The largest absolute Gasteiger partial charge is 0.463 e. The van der Waals surface area contributed by atoms with Crippen LogP contribution in [0.5, 0.6) is 0 Å². The summed E-state index contributed by atoms with van der Waals surface area (Å²) in [5.74, 6) is -0.339. The van der Waals surface area contributed by atoms with E-state index in [0.717, 1.165) is 24.8 Å². The summed E-state index contributed by atoms with van der Waals surface area (Å²) < 4.78 is 4.73. The predicted molar refractivity (Wildman–Crippen MR) is 44.6 cm³/mol. The lowest BCUT2D eigenvalue weighted by atomic mass is 10.2. The van der Waals surface area contributed by atoms with Crippen LogP contribution in [0, 0.1) is 0 Å². The first-order valence-electron chi connectivity index (χ1n) is 4.29. The van der Waals surface area contributed by atoms with Crippen molar-refractivity contribution in [1.82, 2.24) is 0 Å². The van der Waals surface area contributed by atoms with Gasteiger partial charge in [-0.3, -0.25) is 0 Å². The molecule has 1 N–H and O–H groups in total. The fraction of sp³-hybridized carbons (Fsp3) is 0.667. The Balaban J connectivity index is 2.49. The lowest BCUT2D eigenvalue weighted by molar-refractivity contribution is -0.137. The fourth-order valence-electron chi connectivity index (χ4n) is 1.36. The first-order chi connectivity index (χ1) is 5.74. The second kappa shape index (κ2) is 4.26. The Labute approximate surface area is 72.0 Å². The molecular formula is C9H14O3. The van der Waals surface area contributed by atoms with Gasteiger partial charge in [-0.1, -0.05) is 0 Å². The molecule has 0 bridgehead atoms. The molecule has 1 rings (SSSR count). The first-order valence-corrected chi connectivity index (χ1v) is 4.29. The van der Waals surface area contributed by atoms with Gasteiger partial charge in [-0.15, -0.1) is 0 Å². The number of esters is 1. The smallest absolute Gasteiger partial charge is 0.330 e. The molecule has 1 aliphatic carbocycles. The number of aliphatic hydroxyl groups is 1. The van der Waals surface area contributed by atoms with Crippen LogP contribution in [0.2, 0.25) is 0 Å². The van der Waals surface area contributed by atoms with E-state index in [-0.39, 0.29) is 5.97 Å². The molecule has 1 fully saturated rings. The lowest BCUT2D eigenvalue weighted by Crippen LogP contribution is -2.06. The van der Waals surface area contributed by atoms with Crippen molar-refractivity contribution in [2.75, 3.05) is 6.61 Å². The number of hydrogen-bond acceptors (Lipinski definition) is 3.